The molecule has 2 heterocycles. The van der Waals surface area contributed by atoms with E-state index in [1.165, 1.54) is 0 Å². The third kappa shape index (κ3) is 4.35. The molecule has 0 radical (unpaired) electrons. The van der Waals surface area contributed by atoms with Crippen LogP contribution in [0.25, 0.3) is 0 Å². The van der Waals surface area contributed by atoms with Gasteiger partial charge in [-0.3, -0.25) is 9.69 Å². The Morgan fingerprint density at radius 3 is 2.84 bits per heavy atom. The lowest BCUT2D eigenvalue weighted by Crippen LogP contribution is -2.52. The first-order valence-electron chi connectivity index (χ1n) is 8.94. The highest BCUT2D eigenvalue weighted by molar-refractivity contribution is 5.79. The van der Waals surface area contributed by atoms with Crippen LogP contribution in [0.4, 0.5) is 0 Å². The van der Waals surface area contributed by atoms with Crippen molar-refractivity contribution in [3.63, 3.8) is 0 Å². The average Bonchev–Trinajstić information content (AvgIpc) is 3.15. The summed E-state index contributed by atoms with van der Waals surface area (Å²) in [4.78, 5) is 18.8. The fourth-order valence-corrected chi connectivity index (χ4v) is 3.71. The van der Waals surface area contributed by atoms with Crippen LogP contribution in [0.2, 0.25) is 0 Å². The summed E-state index contributed by atoms with van der Waals surface area (Å²) in [6, 6.07) is 2.30. The summed E-state index contributed by atoms with van der Waals surface area (Å²) in [5, 5.41) is 16.7. The molecule has 3 rings (SSSR count). The molecule has 0 bridgehead atoms. The van der Waals surface area contributed by atoms with Crippen molar-refractivity contribution < 1.29 is 9.53 Å². The maximum atomic E-state index is 12.4. The van der Waals surface area contributed by atoms with Crippen LogP contribution < -0.4 is 5.32 Å². The molecule has 1 aromatic rings. The molecule has 1 saturated carbocycles. The molecule has 0 aromatic carbocycles. The predicted molar refractivity (Wildman–Crippen MR) is 90.6 cm³/mol. The lowest BCUT2D eigenvalue weighted by molar-refractivity contribution is -0.125. The summed E-state index contributed by atoms with van der Waals surface area (Å²) in [6.07, 6.45) is 3.50. The topological polar surface area (TPSA) is 96.1 Å². The molecule has 1 saturated heterocycles. The molecule has 1 aromatic heterocycles. The molecule has 1 unspecified atom stereocenters. The van der Waals surface area contributed by atoms with E-state index in [1.54, 1.807) is 0 Å². The van der Waals surface area contributed by atoms with Gasteiger partial charge < -0.3 is 10.1 Å². The van der Waals surface area contributed by atoms with Crippen molar-refractivity contribution in [2.75, 3.05) is 26.2 Å². The summed E-state index contributed by atoms with van der Waals surface area (Å²) in [6.45, 7) is 6.72. The Kier molecular flexibility index (Phi) is 5.35. The van der Waals surface area contributed by atoms with Crippen LogP contribution in [-0.2, 0) is 16.1 Å². The zero-order valence-electron chi connectivity index (χ0n) is 15.0. The Bertz CT molecular complexity index is 659. The fourth-order valence-electron chi connectivity index (χ4n) is 3.71. The minimum absolute atomic E-state index is 0.0160. The molecular formula is C17H26N6O2. The molecule has 8 nitrogen and oxygen atoms in total. The zero-order valence-corrected chi connectivity index (χ0v) is 15.0. The summed E-state index contributed by atoms with van der Waals surface area (Å²) in [5.41, 5.74) is -0.655. The number of aryl methyl sites for hydroxylation is 2. The maximum Gasteiger partial charge on any atom is 0.235 e. The zero-order chi connectivity index (χ0) is 17.9. The summed E-state index contributed by atoms with van der Waals surface area (Å²) < 4.78 is 7.67. The SMILES string of the molecule is Cc1nc(C)n(CC2CN(CC(=O)NC3(C#N)CCCC3)CCO2)n1. The fraction of sp³-hybridized carbons (Fsp3) is 0.765. The van der Waals surface area contributed by atoms with Crippen LogP contribution in [0.15, 0.2) is 0 Å². The van der Waals surface area contributed by atoms with Crippen molar-refractivity contribution >= 4 is 5.91 Å². The van der Waals surface area contributed by atoms with E-state index in [0.29, 0.717) is 26.2 Å². The number of hydrogen-bond donors (Lipinski definition) is 1. The third-order valence-electron chi connectivity index (χ3n) is 4.98. The van der Waals surface area contributed by atoms with Gasteiger partial charge in [-0.25, -0.2) is 9.67 Å². The molecular weight excluding hydrogens is 320 g/mol. The number of aromatic nitrogens is 3. The summed E-state index contributed by atoms with van der Waals surface area (Å²) >= 11 is 0. The normalized spacial score (nSPS) is 23.3. The highest BCUT2D eigenvalue weighted by atomic mass is 16.5. The lowest BCUT2D eigenvalue weighted by Gasteiger charge is -2.33. The van der Waals surface area contributed by atoms with E-state index in [9.17, 15) is 10.1 Å². The smallest absolute Gasteiger partial charge is 0.235 e. The second kappa shape index (κ2) is 7.50. The van der Waals surface area contributed by atoms with Crippen molar-refractivity contribution in [1.82, 2.24) is 25.0 Å². The highest BCUT2D eigenvalue weighted by Crippen LogP contribution is 2.28. The van der Waals surface area contributed by atoms with Gasteiger partial charge in [0.05, 0.1) is 31.9 Å². The van der Waals surface area contributed by atoms with Gasteiger partial charge in [-0.1, -0.05) is 0 Å². The second-order valence-corrected chi connectivity index (χ2v) is 7.07. The minimum atomic E-state index is -0.655. The predicted octanol–water partition coefficient (Wildman–Crippen LogP) is 0.548. The number of nitrogens with zero attached hydrogens (tertiary/aromatic N) is 5. The summed E-state index contributed by atoms with van der Waals surface area (Å²) in [5.74, 6) is 1.55. The van der Waals surface area contributed by atoms with Crippen molar-refractivity contribution in [2.45, 2.75) is 57.7 Å². The van der Waals surface area contributed by atoms with Crippen molar-refractivity contribution in [3.8, 4) is 6.07 Å². The van der Waals surface area contributed by atoms with Gasteiger partial charge in [-0.05, 0) is 39.5 Å². The number of hydrogen-bond acceptors (Lipinski definition) is 6. The van der Waals surface area contributed by atoms with Crippen LogP contribution in [0.1, 0.15) is 37.3 Å². The van der Waals surface area contributed by atoms with Crippen molar-refractivity contribution in [2.24, 2.45) is 0 Å². The number of ether oxygens (including phenoxy) is 1. The highest BCUT2D eigenvalue weighted by Gasteiger charge is 2.36. The molecule has 1 N–H and O–H groups in total. The van der Waals surface area contributed by atoms with Crippen LogP contribution in [-0.4, -0.2) is 63.5 Å². The Morgan fingerprint density at radius 2 is 2.20 bits per heavy atom. The van der Waals surface area contributed by atoms with Crippen molar-refractivity contribution in [3.05, 3.63) is 11.6 Å². The molecule has 8 heteroatoms. The van der Waals surface area contributed by atoms with E-state index in [1.807, 2.05) is 18.5 Å². The van der Waals surface area contributed by atoms with Gasteiger partial charge in [-0.2, -0.15) is 10.4 Å². The van der Waals surface area contributed by atoms with E-state index in [0.717, 1.165) is 43.9 Å². The lowest BCUT2D eigenvalue weighted by atomic mass is 10.00. The number of nitrogens with one attached hydrogen (secondary N) is 1. The van der Waals surface area contributed by atoms with Gasteiger partial charge in [0, 0.05) is 13.1 Å². The van der Waals surface area contributed by atoms with E-state index in [-0.39, 0.29) is 12.0 Å². The molecule has 0 spiro atoms. The quantitative estimate of drug-likeness (QED) is 0.836. The van der Waals surface area contributed by atoms with Crippen molar-refractivity contribution in [1.29, 1.82) is 5.26 Å². The number of amides is 1. The second-order valence-electron chi connectivity index (χ2n) is 7.07. The first-order valence-corrected chi connectivity index (χ1v) is 8.94. The first kappa shape index (κ1) is 17.8. The molecule has 1 amide bonds. The van der Waals surface area contributed by atoms with Crippen LogP contribution in [0.5, 0.6) is 0 Å². The van der Waals surface area contributed by atoms with Crippen LogP contribution in [0.3, 0.4) is 0 Å². The number of carbonyl (C=O) groups excluding carboxylic acids is 1. The maximum absolute atomic E-state index is 12.4. The molecule has 1 atom stereocenters. The monoisotopic (exact) mass is 346 g/mol. The Hall–Kier alpha value is -1.98. The molecule has 1 aliphatic heterocycles. The number of carbonyl (C=O) groups is 1. The van der Waals surface area contributed by atoms with Crippen LogP contribution in [0, 0.1) is 25.2 Å². The van der Waals surface area contributed by atoms with Gasteiger partial charge in [0.2, 0.25) is 5.91 Å². The van der Waals surface area contributed by atoms with Gasteiger partial charge in [-0.15, -0.1) is 0 Å². The van der Waals surface area contributed by atoms with Crippen LogP contribution >= 0.6 is 0 Å². The Labute approximate surface area is 148 Å². The molecule has 1 aliphatic carbocycles. The molecule has 2 aliphatic rings. The van der Waals surface area contributed by atoms with E-state index < -0.39 is 5.54 Å². The Morgan fingerprint density at radius 1 is 1.44 bits per heavy atom. The number of rotatable bonds is 5. The van der Waals surface area contributed by atoms with Gasteiger partial charge >= 0.3 is 0 Å². The van der Waals surface area contributed by atoms with E-state index >= 15 is 0 Å². The van der Waals surface area contributed by atoms with Gasteiger partial charge in [0.25, 0.3) is 0 Å². The minimum Gasteiger partial charge on any atom is -0.374 e. The average molecular weight is 346 g/mol. The van der Waals surface area contributed by atoms with Gasteiger partial charge in [0.1, 0.15) is 17.2 Å². The molecule has 25 heavy (non-hydrogen) atoms. The standard InChI is InChI=1S/C17H26N6O2/c1-13-19-14(2)23(21-13)10-15-9-22(7-8-25-15)11-16(24)20-17(12-18)5-3-4-6-17/h15H,3-11H2,1-2H3,(H,20,24). The van der Waals surface area contributed by atoms with E-state index in [2.05, 4.69) is 26.4 Å². The number of morpholine rings is 1. The van der Waals surface area contributed by atoms with E-state index in [4.69, 9.17) is 4.74 Å². The molecule has 136 valence electrons. The first-order chi connectivity index (χ1) is 12.0. The van der Waals surface area contributed by atoms with Gasteiger partial charge in [0.15, 0.2) is 0 Å². The summed E-state index contributed by atoms with van der Waals surface area (Å²) in [7, 11) is 0. The Balaban J connectivity index is 1.52. The third-order valence-corrected chi connectivity index (χ3v) is 4.98. The molecule has 2 fully saturated rings. The number of nitriles is 1. The largest absolute Gasteiger partial charge is 0.374 e.